The molecule has 0 fully saturated rings. The number of rotatable bonds is 24. The quantitative estimate of drug-likeness (QED) is 0.0551. The minimum absolute atomic E-state index is 0.143. The molecule has 0 heterocycles. The number of para-hydroxylation sites is 4. The van der Waals surface area contributed by atoms with Crippen LogP contribution in [0.15, 0.2) is 315 Å². The molecule has 0 saturated heterocycles. The van der Waals surface area contributed by atoms with Crippen LogP contribution >= 0.6 is 28.6 Å². The van der Waals surface area contributed by atoms with E-state index in [4.69, 9.17) is 18.9 Å². The van der Waals surface area contributed by atoms with Gasteiger partial charge in [-0.25, -0.2) is 0 Å². The Bertz CT molecular complexity index is 3910. The molecule has 0 unspecified atom stereocenters. The van der Waals surface area contributed by atoms with E-state index in [2.05, 4.69) is 72.8 Å². The van der Waals surface area contributed by atoms with Crippen LogP contribution in [0.2, 0.25) is 0 Å². The van der Waals surface area contributed by atoms with Crippen molar-refractivity contribution in [2.24, 2.45) is 0 Å². The molecule has 8 nitrogen and oxygen atoms in total. The van der Waals surface area contributed by atoms with Crippen LogP contribution in [0.4, 0.5) is 0 Å². The van der Waals surface area contributed by atoms with Crippen molar-refractivity contribution in [3.8, 4) is 23.0 Å². The Morgan fingerprint density at radius 3 is 0.458 bits per heavy atom. The van der Waals surface area contributed by atoms with Gasteiger partial charge >= 0.3 is 0 Å². The highest BCUT2D eigenvalue weighted by Crippen LogP contribution is 2.48. The van der Waals surface area contributed by atoms with Gasteiger partial charge in [0.1, 0.15) is 51.6 Å². The van der Waals surface area contributed by atoms with Crippen LogP contribution in [0.3, 0.4) is 0 Å². The molecule has 1 aliphatic rings. The molecular weight excluding hydrogens is 1260 g/mol. The van der Waals surface area contributed by atoms with Gasteiger partial charge in [0.05, 0.1) is 26.4 Å². The molecule has 8 bridgehead atoms. The van der Waals surface area contributed by atoms with Gasteiger partial charge in [-0.1, -0.05) is 315 Å². The molecular formula is C84H76O8P4. The van der Waals surface area contributed by atoms with E-state index in [0.29, 0.717) is 48.7 Å². The smallest absolute Gasteiger partial charge is 0.146 e. The minimum Gasteiger partial charge on any atom is -0.492 e. The maximum Gasteiger partial charge on any atom is 0.146 e. The second-order valence-corrected chi connectivity index (χ2v) is 36.1. The summed E-state index contributed by atoms with van der Waals surface area (Å²) in [5.41, 5.74) is 7.17. The summed E-state index contributed by atoms with van der Waals surface area (Å²) in [5, 5.41) is 6.10. The molecule has 0 radical (unpaired) electrons. The normalized spacial score (nSPS) is 12.5. The van der Waals surface area contributed by atoms with Gasteiger partial charge in [-0.05, 0) is 44.5 Å². The van der Waals surface area contributed by atoms with E-state index in [1.54, 1.807) is 0 Å². The molecule has 12 aromatic carbocycles. The topological polar surface area (TPSA) is 105 Å². The Balaban J connectivity index is 0.939. The van der Waals surface area contributed by atoms with E-state index >= 15 is 18.3 Å². The summed E-state index contributed by atoms with van der Waals surface area (Å²) in [6, 6.07) is 103. The highest BCUT2D eigenvalue weighted by atomic mass is 31.2. The molecule has 0 N–H and O–H groups in total. The number of benzene rings is 12. The third kappa shape index (κ3) is 14.5. The third-order valence-electron chi connectivity index (χ3n) is 18.2. The standard InChI is InChI=1S/C84H76O8P4/c85-93(73-37-9-1-10-38-73,74-39-11-2-12-40-74)57-53-89-81-65-29-25-30-66(81)62-68-32-27-34-70(83(68)91-55-59-95(87,77-45-17-5-18-46-77)78-47-19-6-20-48-78)64-72-36-28-35-71(84(72)92-56-60-96(88,79-49-21-7-22-50-79)80-51-23-8-24-52-80)63-69-33-26-31-67(61-65)82(69)90-54-58-94(86,75-41-13-3-14-42-75)76-43-15-4-16-44-76/h1-52H,53-64H2. The first-order valence-electron chi connectivity index (χ1n) is 32.8. The fraction of sp³-hybridized carbons (Fsp3) is 0.143. The average molecular weight is 1340 g/mol. The van der Waals surface area contributed by atoms with Crippen LogP contribution in [0, 0.1) is 0 Å². The van der Waals surface area contributed by atoms with E-state index in [-0.39, 0.29) is 51.1 Å². The molecule has 0 saturated carbocycles. The van der Waals surface area contributed by atoms with Gasteiger partial charge in [0.15, 0.2) is 0 Å². The summed E-state index contributed by atoms with van der Waals surface area (Å²) < 4.78 is 91.6. The Morgan fingerprint density at radius 1 is 0.188 bits per heavy atom. The van der Waals surface area contributed by atoms with Gasteiger partial charge < -0.3 is 37.2 Å². The Morgan fingerprint density at radius 2 is 0.323 bits per heavy atom. The van der Waals surface area contributed by atoms with Crippen LogP contribution < -0.4 is 61.4 Å². The first-order chi connectivity index (χ1) is 47.1. The summed E-state index contributed by atoms with van der Waals surface area (Å²) in [6.45, 7) is 0.571. The third-order valence-corrected chi connectivity index (χ3v) is 30.5. The van der Waals surface area contributed by atoms with Gasteiger partial charge in [0, 0.05) is 92.8 Å². The van der Waals surface area contributed by atoms with E-state index in [0.717, 1.165) is 86.9 Å². The highest BCUT2D eigenvalue weighted by molar-refractivity contribution is 7.80. The van der Waals surface area contributed by atoms with Crippen molar-refractivity contribution in [3.05, 3.63) is 360 Å². The lowest BCUT2D eigenvalue weighted by Gasteiger charge is -2.25. The lowest BCUT2D eigenvalue weighted by Crippen LogP contribution is -2.22. The largest absolute Gasteiger partial charge is 0.492 e. The van der Waals surface area contributed by atoms with Crippen LogP contribution in [0.25, 0.3) is 0 Å². The van der Waals surface area contributed by atoms with E-state index in [1.165, 1.54) is 0 Å². The second-order valence-electron chi connectivity index (χ2n) is 24.3. The molecule has 0 atom stereocenters. The molecule has 480 valence electrons. The fourth-order valence-corrected chi connectivity index (χ4v) is 23.2. The number of hydrogen-bond donors (Lipinski definition) is 0. The molecule has 0 aromatic heterocycles. The summed E-state index contributed by atoms with van der Waals surface area (Å²) >= 11 is 0. The van der Waals surface area contributed by atoms with Crippen molar-refractivity contribution in [2.75, 3.05) is 51.1 Å². The maximum absolute atomic E-state index is 15.7. The highest BCUT2D eigenvalue weighted by Gasteiger charge is 2.33. The first-order valence-corrected chi connectivity index (χ1v) is 40.4. The predicted molar refractivity (Wildman–Crippen MR) is 397 cm³/mol. The van der Waals surface area contributed by atoms with Crippen LogP contribution in [0.1, 0.15) is 44.5 Å². The van der Waals surface area contributed by atoms with Crippen molar-refractivity contribution in [1.82, 2.24) is 0 Å². The molecule has 0 spiro atoms. The van der Waals surface area contributed by atoms with Crippen molar-refractivity contribution in [2.45, 2.75) is 25.7 Å². The fourth-order valence-electron chi connectivity index (χ4n) is 13.3. The molecule has 12 aromatic rings. The van der Waals surface area contributed by atoms with Gasteiger partial charge in [0.25, 0.3) is 0 Å². The van der Waals surface area contributed by atoms with Crippen LogP contribution in [0.5, 0.6) is 23.0 Å². The zero-order valence-corrected chi connectivity index (χ0v) is 57.1. The van der Waals surface area contributed by atoms with Crippen LogP contribution in [-0.4, -0.2) is 51.1 Å². The van der Waals surface area contributed by atoms with Gasteiger partial charge in [-0.15, -0.1) is 0 Å². The van der Waals surface area contributed by atoms with E-state index in [1.807, 2.05) is 243 Å². The van der Waals surface area contributed by atoms with Gasteiger partial charge in [-0.3, -0.25) is 0 Å². The summed E-state index contributed by atoms with van der Waals surface area (Å²) in [6.07, 6.45) is 2.49. The van der Waals surface area contributed by atoms with Crippen molar-refractivity contribution < 1.29 is 37.2 Å². The molecule has 96 heavy (non-hydrogen) atoms. The molecule has 0 aliphatic heterocycles. The monoisotopic (exact) mass is 1340 g/mol. The lowest BCUT2D eigenvalue weighted by atomic mass is 9.91. The van der Waals surface area contributed by atoms with Gasteiger partial charge in [0.2, 0.25) is 0 Å². The predicted octanol–water partition coefficient (Wildman–Crippen LogP) is 15.9. The number of hydrogen-bond acceptors (Lipinski definition) is 8. The van der Waals surface area contributed by atoms with Crippen molar-refractivity contribution in [3.63, 3.8) is 0 Å². The Kier molecular flexibility index (Phi) is 20.6. The molecule has 1 aliphatic carbocycles. The molecule has 0 amide bonds. The SMILES string of the molecule is O=P(CCOc1c2cccc1Cc1cccc(c1OCCP(=O)(c1ccccc1)c1ccccc1)Cc1cccc(c1OCCP(=O)(c1ccccc1)c1ccccc1)Cc1cccc(c1OCCP(=O)(c1ccccc1)c1ccccc1)C2)(c1ccccc1)c1ccccc1. The zero-order valence-electron chi connectivity index (χ0n) is 53.6. The zero-order chi connectivity index (χ0) is 65.6. The molecule has 13 rings (SSSR count). The maximum atomic E-state index is 15.7. The summed E-state index contributed by atoms with van der Waals surface area (Å²) in [7, 11) is -12.8. The Labute approximate surface area is 564 Å². The number of fused-ring (bicyclic) bond motifs is 8. The summed E-state index contributed by atoms with van der Waals surface area (Å²) in [4.78, 5) is 0. The van der Waals surface area contributed by atoms with Gasteiger partial charge in [-0.2, -0.15) is 0 Å². The molecule has 12 heteroatoms. The average Bonchev–Trinajstić information content (AvgIpc) is 0.841. The van der Waals surface area contributed by atoms with Crippen molar-refractivity contribution >= 4 is 71.0 Å². The van der Waals surface area contributed by atoms with Crippen molar-refractivity contribution in [1.29, 1.82) is 0 Å². The second kappa shape index (κ2) is 30.2. The van der Waals surface area contributed by atoms with E-state index < -0.39 is 28.6 Å². The minimum atomic E-state index is -3.21. The first kappa shape index (κ1) is 65.4. The Hall–Kier alpha value is -9.24. The van der Waals surface area contributed by atoms with E-state index in [9.17, 15) is 0 Å². The summed E-state index contributed by atoms with van der Waals surface area (Å²) in [5.74, 6) is 2.68. The number of ether oxygens (including phenoxy) is 4. The lowest BCUT2D eigenvalue weighted by molar-refractivity contribution is 0.327. The van der Waals surface area contributed by atoms with Crippen LogP contribution in [-0.2, 0) is 43.9 Å².